The molecule has 3 N–H and O–H groups in total. The number of carboxylic acids is 1. The number of carbonyl (C=O) groups excluding carboxylic acids is 1. The first-order valence-corrected chi connectivity index (χ1v) is 7.25. The Hall–Kier alpha value is -1.30. The van der Waals surface area contributed by atoms with Gasteiger partial charge in [0.25, 0.3) is 0 Å². The van der Waals surface area contributed by atoms with Gasteiger partial charge in [-0.25, -0.2) is 4.79 Å². The second-order valence-electron chi connectivity index (χ2n) is 6.25. The molecule has 1 unspecified atom stereocenters. The fourth-order valence-corrected chi connectivity index (χ4v) is 2.22. The van der Waals surface area contributed by atoms with Crippen molar-refractivity contribution in [2.75, 3.05) is 33.2 Å². The topological polar surface area (TPSA) is 81.7 Å². The van der Waals surface area contributed by atoms with Crippen LogP contribution < -0.4 is 10.6 Å². The Morgan fingerprint density at radius 2 is 1.90 bits per heavy atom. The highest BCUT2D eigenvalue weighted by molar-refractivity contribution is 5.74. The Bertz CT molecular complexity index is 339. The van der Waals surface area contributed by atoms with Gasteiger partial charge in [0.15, 0.2) is 0 Å². The van der Waals surface area contributed by atoms with Crippen molar-refractivity contribution >= 4 is 12.0 Å². The molecule has 1 heterocycles. The van der Waals surface area contributed by atoms with Gasteiger partial charge < -0.3 is 20.6 Å². The molecule has 0 radical (unpaired) electrons. The van der Waals surface area contributed by atoms with E-state index in [1.807, 2.05) is 0 Å². The SMILES string of the molecule is CC(CCNC(=O)NCC1(C)CCN(C)CC1)C(=O)O. The van der Waals surface area contributed by atoms with Crippen LogP contribution in [0.3, 0.4) is 0 Å². The number of rotatable bonds is 6. The maximum atomic E-state index is 11.7. The van der Waals surface area contributed by atoms with Crippen molar-refractivity contribution in [3.63, 3.8) is 0 Å². The average Bonchev–Trinajstić information content (AvgIpc) is 2.40. The minimum atomic E-state index is -0.828. The highest BCUT2D eigenvalue weighted by Crippen LogP contribution is 2.29. The molecule has 0 aromatic rings. The Labute approximate surface area is 120 Å². The molecule has 0 saturated carbocycles. The number of nitrogens with zero attached hydrogens (tertiary/aromatic N) is 1. The molecule has 1 atom stereocenters. The quantitative estimate of drug-likeness (QED) is 0.683. The molecular formula is C14H27N3O3. The summed E-state index contributed by atoms with van der Waals surface area (Å²) >= 11 is 0. The lowest BCUT2D eigenvalue weighted by Crippen LogP contribution is -2.46. The van der Waals surface area contributed by atoms with Crippen LogP contribution in [0.5, 0.6) is 0 Å². The van der Waals surface area contributed by atoms with Gasteiger partial charge in [0.1, 0.15) is 0 Å². The third-order valence-electron chi connectivity index (χ3n) is 4.15. The number of amides is 2. The van der Waals surface area contributed by atoms with Crippen LogP contribution >= 0.6 is 0 Å². The minimum absolute atomic E-state index is 0.165. The summed E-state index contributed by atoms with van der Waals surface area (Å²) in [4.78, 5) is 24.6. The van der Waals surface area contributed by atoms with Crippen molar-refractivity contribution in [1.29, 1.82) is 0 Å². The Balaban J connectivity index is 2.18. The van der Waals surface area contributed by atoms with E-state index in [0.29, 0.717) is 19.5 Å². The van der Waals surface area contributed by atoms with Gasteiger partial charge in [0.05, 0.1) is 5.92 Å². The highest BCUT2D eigenvalue weighted by atomic mass is 16.4. The molecule has 1 aliphatic heterocycles. The van der Waals surface area contributed by atoms with Crippen LogP contribution in [0.2, 0.25) is 0 Å². The lowest BCUT2D eigenvalue weighted by molar-refractivity contribution is -0.141. The van der Waals surface area contributed by atoms with Crippen LogP contribution in [0.25, 0.3) is 0 Å². The van der Waals surface area contributed by atoms with Crippen molar-refractivity contribution in [3.8, 4) is 0 Å². The number of carbonyl (C=O) groups is 2. The van der Waals surface area contributed by atoms with Gasteiger partial charge in [-0.3, -0.25) is 4.79 Å². The van der Waals surface area contributed by atoms with E-state index in [-0.39, 0.29) is 11.4 Å². The van der Waals surface area contributed by atoms with Crippen LogP contribution in [0, 0.1) is 11.3 Å². The summed E-state index contributed by atoms with van der Waals surface area (Å²) in [5.41, 5.74) is 0.165. The lowest BCUT2D eigenvalue weighted by atomic mass is 9.80. The maximum absolute atomic E-state index is 11.7. The van der Waals surface area contributed by atoms with Gasteiger partial charge >= 0.3 is 12.0 Å². The highest BCUT2D eigenvalue weighted by Gasteiger charge is 2.29. The van der Waals surface area contributed by atoms with Crippen LogP contribution in [-0.4, -0.2) is 55.2 Å². The maximum Gasteiger partial charge on any atom is 0.314 e. The van der Waals surface area contributed by atoms with Crippen LogP contribution in [0.15, 0.2) is 0 Å². The summed E-state index contributed by atoms with van der Waals surface area (Å²) < 4.78 is 0. The summed E-state index contributed by atoms with van der Waals surface area (Å²) in [6.45, 7) is 7.03. The summed E-state index contributed by atoms with van der Waals surface area (Å²) in [6.07, 6.45) is 2.62. The summed E-state index contributed by atoms with van der Waals surface area (Å²) in [7, 11) is 2.11. The van der Waals surface area contributed by atoms with E-state index in [2.05, 4.69) is 29.5 Å². The third kappa shape index (κ3) is 5.77. The van der Waals surface area contributed by atoms with Gasteiger partial charge in [0.2, 0.25) is 0 Å². The van der Waals surface area contributed by atoms with E-state index in [0.717, 1.165) is 25.9 Å². The monoisotopic (exact) mass is 285 g/mol. The standard InChI is InChI=1S/C14H27N3O3/c1-11(12(18)19)4-7-15-13(20)16-10-14(2)5-8-17(3)9-6-14/h11H,4-10H2,1-3H3,(H,18,19)(H2,15,16,20). The zero-order valence-corrected chi connectivity index (χ0v) is 12.7. The second kappa shape index (κ2) is 7.47. The Morgan fingerprint density at radius 1 is 1.30 bits per heavy atom. The number of carboxylic acid groups (broad SMARTS) is 1. The summed E-state index contributed by atoms with van der Waals surface area (Å²) in [6, 6.07) is -0.206. The molecule has 116 valence electrons. The summed E-state index contributed by atoms with van der Waals surface area (Å²) in [5.74, 6) is -1.26. The van der Waals surface area contributed by atoms with Gasteiger partial charge in [-0.1, -0.05) is 13.8 Å². The number of hydrogen-bond donors (Lipinski definition) is 3. The fourth-order valence-electron chi connectivity index (χ4n) is 2.22. The summed E-state index contributed by atoms with van der Waals surface area (Å²) in [5, 5.41) is 14.3. The molecule has 0 spiro atoms. The van der Waals surface area contributed by atoms with Crippen molar-refractivity contribution in [2.24, 2.45) is 11.3 Å². The van der Waals surface area contributed by atoms with Crippen molar-refractivity contribution in [3.05, 3.63) is 0 Å². The van der Waals surface area contributed by atoms with Gasteiger partial charge in [0, 0.05) is 13.1 Å². The minimum Gasteiger partial charge on any atom is -0.481 e. The predicted octanol–water partition coefficient (Wildman–Crippen LogP) is 1.13. The van der Waals surface area contributed by atoms with Gasteiger partial charge in [-0.15, -0.1) is 0 Å². The molecule has 1 aliphatic rings. The van der Waals surface area contributed by atoms with Gasteiger partial charge in [-0.05, 0) is 44.8 Å². The third-order valence-corrected chi connectivity index (χ3v) is 4.15. The van der Waals surface area contributed by atoms with Gasteiger partial charge in [-0.2, -0.15) is 0 Å². The molecule has 6 heteroatoms. The average molecular weight is 285 g/mol. The number of likely N-dealkylation sites (tertiary alicyclic amines) is 1. The molecule has 2 amide bonds. The van der Waals surface area contributed by atoms with E-state index < -0.39 is 11.9 Å². The first-order valence-electron chi connectivity index (χ1n) is 7.25. The number of aliphatic carboxylic acids is 1. The number of piperidine rings is 1. The Kier molecular flexibility index (Phi) is 6.26. The molecule has 0 aromatic carbocycles. The first kappa shape index (κ1) is 16.8. The zero-order chi connectivity index (χ0) is 15.2. The molecule has 1 rings (SSSR count). The fraction of sp³-hybridized carbons (Fsp3) is 0.857. The predicted molar refractivity (Wildman–Crippen MR) is 77.7 cm³/mol. The molecule has 6 nitrogen and oxygen atoms in total. The zero-order valence-electron chi connectivity index (χ0n) is 12.7. The van der Waals surface area contributed by atoms with Crippen LogP contribution in [0.4, 0.5) is 4.79 Å². The molecule has 0 aromatic heterocycles. The molecule has 1 fully saturated rings. The lowest BCUT2D eigenvalue weighted by Gasteiger charge is -2.37. The molecule has 0 bridgehead atoms. The normalized spacial score (nSPS) is 20.1. The van der Waals surface area contributed by atoms with Crippen molar-refractivity contribution < 1.29 is 14.7 Å². The molecular weight excluding hydrogens is 258 g/mol. The molecule has 20 heavy (non-hydrogen) atoms. The smallest absolute Gasteiger partial charge is 0.314 e. The van der Waals surface area contributed by atoms with E-state index in [1.165, 1.54) is 0 Å². The van der Waals surface area contributed by atoms with E-state index in [1.54, 1.807) is 6.92 Å². The van der Waals surface area contributed by atoms with Crippen LogP contribution in [0.1, 0.15) is 33.1 Å². The first-order chi connectivity index (χ1) is 9.32. The molecule has 0 aliphatic carbocycles. The van der Waals surface area contributed by atoms with Crippen LogP contribution in [-0.2, 0) is 4.79 Å². The van der Waals surface area contributed by atoms with E-state index in [9.17, 15) is 9.59 Å². The van der Waals surface area contributed by atoms with E-state index >= 15 is 0 Å². The second-order valence-corrected chi connectivity index (χ2v) is 6.25. The number of urea groups is 1. The molecule has 1 saturated heterocycles. The largest absolute Gasteiger partial charge is 0.481 e. The number of hydrogen-bond acceptors (Lipinski definition) is 3. The van der Waals surface area contributed by atoms with Crippen molar-refractivity contribution in [1.82, 2.24) is 15.5 Å². The van der Waals surface area contributed by atoms with Crippen molar-refractivity contribution in [2.45, 2.75) is 33.1 Å². The Morgan fingerprint density at radius 3 is 2.45 bits per heavy atom. The van der Waals surface area contributed by atoms with E-state index in [4.69, 9.17) is 5.11 Å². The number of nitrogens with one attached hydrogen (secondary N) is 2.